The number of hydrogen-bond acceptors (Lipinski definition) is 3. The second-order valence-corrected chi connectivity index (χ2v) is 5.12. The van der Waals surface area contributed by atoms with Crippen LogP contribution in [0.25, 0.3) is 0 Å². The van der Waals surface area contributed by atoms with Crippen molar-refractivity contribution in [1.29, 1.82) is 0 Å². The SMILES string of the molecule is CCOC(CSc1cccc(Br)c1)OCC. The molecule has 0 aliphatic carbocycles. The zero-order valence-corrected chi connectivity index (χ0v) is 12.0. The van der Waals surface area contributed by atoms with Crippen LogP contribution in [0.2, 0.25) is 0 Å². The van der Waals surface area contributed by atoms with Gasteiger partial charge in [0.1, 0.15) is 0 Å². The van der Waals surface area contributed by atoms with E-state index in [-0.39, 0.29) is 6.29 Å². The highest BCUT2D eigenvalue weighted by Crippen LogP contribution is 2.23. The van der Waals surface area contributed by atoms with Gasteiger partial charge in [-0.15, -0.1) is 11.8 Å². The largest absolute Gasteiger partial charge is 0.352 e. The van der Waals surface area contributed by atoms with Gasteiger partial charge in [0, 0.05) is 28.3 Å². The van der Waals surface area contributed by atoms with Gasteiger partial charge in [0.25, 0.3) is 0 Å². The molecular weight excluding hydrogens is 288 g/mol. The average Bonchev–Trinajstić information content (AvgIpc) is 2.27. The van der Waals surface area contributed by atoms with Gasteiger partial charge in [0.05, 0.1) is 0 Å². The van der Waals surface area contributed by atoms with Crippen molar-refractivity contribution in [2.75, 3.05) is 19.0 Å². The predicted molar refractivity (Wildman–Crippen MR) is 71.9 cm³/mol. The Morgan fingerprint density at radius 1 is 1.25 bits per heavy atom. The Kier molecular flexibility index (Phi) is 7.12. The second-order valence-electron chi connectivity index (χ2n) is 3.11. The second kappa shape index (κ2) is 8.12. The highest BCUT2D eigenvalue weighted by Gasteiger charge is 2.08. The molecule has 4 heteroatoms. The minimum Gasteiger partial charge on any atom is -0.352 e. The molecule has 0 fully saturated rings. The summed E-state index contributed by atoms with van der Waals surface area (Å²) in [4.78, 5) is 1.22. The minimum atomic E-state index is -0.112. The Morgan fingerprint density at radius 3 is 2.50 bits per heavy atom. The van der Waals surface area contributed by atoms with Gasteiger partial charge in [0.15, 0.2) is 6.29 Å². The molecule has 2 nitrogen and oxygen atoms in total. The van der Waals surface area contributed by atoms with Gasteiger partial charge in [-0.05, 0) is 32.0 Å². The quantitative estimate of drug-likeness (QED) is 0.561. The normalized spacial score (nSPS) is 11.0. The van der Waals surface area contributed by atoms with Crippen LogP contribution in [0.3, 0.4) is 0 Å². The molecule has 1 aromatic rings. The predicted octanol–water partition coefficient (Wildman–Crippen LogP) is 3.94. The molecule has 0 spiro atoms. The molecule has 0 aliphatic heterocycles. The van der Waals surface area contributed by atoms with Crippen LogP contribution in [0.4, 0.5) is 0 Å². The summed E-state index contributed by atoms with van der Waals surface area (Å²) in [5.41, 5.74) is 0. The summed E-state index contributed by atoms with van der Waals surface area (Å²) in [7, 11) is 0. The molecule has 0 radical (unpaired) electrons. The molecule has 1 aromatic carbocycles. The fraction of sp³-hybridized carbons (Fsp3) is 0.500. The Balaban J connectivity index is 2.41. The summed E-state index contributed by atoms with van der Waals surface area (Å²) in [6, 6.07) is 8.24. The highest BCUT2D eigenvalue weighted by atomic mass is 79.9. The molecule has 90 valence electrons. The Bertz CT molecular complexity index is 301. The first kappa shape index (κ1) is 14.0. The van der Waals surface area contributed by atoms with Crippen LogP contribution in [0.1, 0.15) is 13.8 Å². The van der Waals surface area contributed by atoms with E-state index in [4.69, 9.17) is 9.47 Å². The van der Waals surface area contributed by atoms with Crippen LogP contribution < -0.4 is 0 Å². The Hall–Kier alpha value is -0.0300. The zero-order valence-electron chi connectivity index (χ0n) is 9.61. The van der Waals surface area contributed by atoms with Gasteiger partial charge in [0.2, 0.25) is 0 Å². The van der Waals surface area contributed by atoms with Gasteiger partial charge in [-0.25, -0.2) is 0 Å². The summed E-state index contributed by atoms with van der Waals surface area (Å²) in [6.45, 7) is 5.33. The van der Waals surface area contributed by atoms with Crippen LogP contribution in [-0.2, 0) is 9.47 Å². The van der Waals surface area contributed by atoms with Crippen LogP contribution >= 0.6 is 27.7 Å². The van der Waals surface area contributed by atoms with Crippen LogP contribution in [0.15, 0.2) is 33.6 Å². The van der Waals surface area contributed by atoms with Crippen LogP contribution in [-0.4, -0.2) is 25.3 Å². The molecule has 0 saturated carbocycles. The van der Waals surface area contributed by atoms with Gasteiger partial charge < -0.3 is 9.47 Å². The monoisotopic (exact) mass is 304 g/mol. The first-order chi connectivity index (χ1) is 7.76. The van der Waals surface area contributed by atoms with Crippen molar-refractivity contribution in [2.45, 2.75) is 25.0 Å². The van der Waals surface area contributed by atoms with E-state index in [1.54, 1.807) is 11.8 Å². The first-order valence-electron chi connectivity index (χ1n) is 5.37. The van der Waals surface area contributed by atoms with Crippen molar-refractivity contribution in [1.82, 2.24) is 0 Å². The third-order valence-corrected chi connectivity index (χ3v) is 3.41. The van der Waals surface area contributed by atoms with Gasteiger partial charge in [-0.1, -0.05) is 22.0 Å². The maximum atomic E-state index is 5.48. The molecule has 16 heavy (non-hydrogen) atoms. The lowest BCUT2D eigenvalue weighted by Crippen LogP contribution is -2.19. The minimum absolute atomic E-state index is 0.112. The average molecular weight is 305 g/mol. The summed E-state index contributed by atoms with van der Waals surface area (Å²) in [5, 5.41) is 0. The number of rotatable bonds is 7. The van der Waals surface area contributed by atoms with E-state index in [1.165, 1.54) is 4.90 Å². The molecule has 0 atom stereocenters. The summed E-state index contributed by atoms with van der Waals surface area (Å²) in [6.07, 6.45) is -0.112. The zero-order chi connectivity index (χ0) is 11.8. The fourth-order valence-electron chi connectivity index (χ4n) is 1.24. The molecule has 0 saturated heterocycles. The highest BCUT2D eigenvalue weighted by molar-refractivity contribution is 9.10. The van der Waals surface area contributed by atoms with Crippen molar-refractivity contribution >= 4 is 27.7 Å². The third-order valence-electron chi connectivity index (χ3n) is 1.89. The van der Waals surface area contributed by atoms with Crippen molar-refractivity contribution in [3.05, 3.63) is 28.7 Å². The maximum Gasteiger partial charge on any atom is 0.166 e. The van der Waals surface area contributed by atoms with Gasteiger partial charge in [-0.2, -0.15) is 0 Å². The summed E-state index contributed by atoms with van der Waals surface area (Å²) in [5.74, 6) is 0.818. The lowest BCUT2D eigenvalue weighted by Gasteiger charge is -2.16. The number of ether oxygens (including phenoxy) is 2. The third kappa shape index (κ3) is 5.34. The number of thioether (sulfide) groups is 1. The van der Waals surface area contributed by atoms with Crippen molar-refractivity contribution in [3.8, 4) is 0 Å². The molecule has 0 unspecified atom stereocenters. The van der Waals surface area contributed by atoms with E-state index >= 15 is 0 Å². The molecule has 0 N–H and O–H groups in total. The first-order valence-corrected chi connectivity index (χ1v) is 7.15. The lowest BCUT2D eigenvalue weighted by molar-refractivity contribution is -0.120. The lowest BCUT2D eigenvalue weighted by atomic mass is 10.4. The Morgan fingerprint density at radius 2 is 1.94 bits per heavy atom. The van der Waals surface area contributed by atoms with E-state index in [2.05, 4.69) is 28.1 Å². The van der Waals surface area contributed by atoms with E-state index in [9.17, 15) is 0 Å². The number of halogens is 1. The van der Waals surface area contributed by atoms with Crippen molar-refractivity contribution in [2.24, 2.45) is 0 Å². The molecule has 0 heterocycles. The van der Waals surface area contributed by atoms with E-state index in [1.807, 2.05) is 26.0 Å². The standard InChI is InChI=1S/C12H17BrO2S/c1-3-14-12(15-4-2)9-16-11-7-5-6-10(13)8-11/h5-8,12H,3-4,9H2,1-2H3. The maximum absolute atomic E-state index is 5.48. The van der Waals surface area contributed by atoms with Gasteiger partial charge in [-0.3, -0.25) is 0 Å². The number of hydrogen-bond donors (Lipinski definition) is 0. The van der Waals surface area contributed by atoms with Crippen molar-refractivity contribution < 1.29 is 9.47 Å². The Labute approximate surface area is 110 Å². The van der Waals surface area contributed by atoms with E-state index < -0.39 is 0 Å². The summed E-state index contributed by atoms with van der Waals surface area (Å²) < 4.78 is 12.1. The topological polar surface area (TPSA) is 18.5 Å². The molecule has 0 amide bonds. The molecule has 0 aromatic heterocycles. The number of benzene rings is 1. The molecule has 0 aliphatic rings. The van der Waals surface area contributed by atoms with E-state index in [0.29, 0.717) is 13.2 Å². The molecular formula is C12H17BrO2S. The molecule has 0 bridgehead atoms. The van der Waals surface area contributed by atoms with E-state index in [0.717, 1.165) is 10.2 Å². The van der Waals surface area contributed by atoms with Crippen molar-refractivity contribution in [3.63, 3.8) is 0 Å². The van der Waals surface area contributed by atoms with Gasteiger partial charge >= 0.3 is 0 Å². The van der Waals surface area contributed by atoms with Crippen LogP contribution in [0, 0.1) is 0 Å². The van der Waals surface area contributed by atoms with Crippen LogP contribution in [0.5, 0.6) is 0 Å². The fourth-order valence-corrected chi connectivity index (χ4v) is 2.69. The molecule has 1 rings (SSSR count). The summed E-state index contributed by atoms with van der Waals surface area (Å²) >= 11 is 5.20. The smallest absolute Gasteiger partial charge is 0.166 e.